The number of carbonyl (C=O) groups excluding carboxylic acids is 1. The van der Waals surface area contributed by atoms with Crippen molar-refractivity contribution in [1.29, 1.82) is 0 Å². The molecule has 0 aliphatic rings. The highest BCUT2D eigenvalue weighted by molar-refractivity contribution is 5.37. The average molecular weight is 175 g/mol. The first-order valence-electron chi connectivity index (χ1n) is 3.27. The van der Waals surface area contributed by atoms with Gasteiger partial charge in [-0.15, -0.1) is 0 Å². The lowest BCUT2D eigenvalue weighted by atomic mass is 10.6. The number of nitrogens with zero attached hydrogens (tertiary/aromatic N) is 1. The summed E-state index contributed by atoms with van der Waals surface area (Å²) in [7, 11) is 0. The Hall–Kier alpha value is -1.39. The first-order valence-corrected chi connectivity index (χ1v) is 3.27. The SMILES string of the molecule is CC(OC=O)n1ccc(F)c1F. The minimum atomic E-state index is -1.04. The van der Waals surface area contributed by atoms with Gasteiger partial charge in [-0.25, -0.2) is 4.39 Å². The Morgan fingerprint density at radius 1 is 1.67 bits per heavy atom. The van der Waals surface area contributed by atoms with Crippen LogP contribution < -0.4 is 0 Å². The molecule has 0 spiro atoms. The van der Waals surface area contributed by atoms with Crippen LogP contribution in [-0.2, 0) is 9.53 Å². The molecule has 0 fully saturated rings. The number of halogens is 2. The van der Waals surface area contributed by atoms with Crippen LogP contribution in [0.1, 0.15) is 13.2 Å². The van der Waals surface area contributed by atoms with Gasteiger partial charge < -0.3 is 4.74 Å². The van der Waals surface area contributed by atoms with Crippen LogP contribution in [0.25, 0.3) is 0 Å². The van der Waals surface area contributed by atoms with Gasteiger partial charge in [-0.3, -0.25) is 9.36 Å². The quantitative estimate of drug-likeness (QED) is 0.651. The van der Waals surface area contributed by atoms with E-state index in [1.54, 1.807) is 0 Å². The van der Waals surface area contributed by atoms with Crippen molar-refractivity contribution < 1.29 is 18.3 Å². The van der Waals surface area contributed by atoms with Crippen molar-refractivity contribution in [3.63, 3.8) is 0 Å². The third-order valence-electron chi connectivity index (χ3n) is 1.45. The average Bonchev–Trinajstić information content (AvgIpc) is 2.34. The Kier molecular flexibility index (Phi) is 2.42. The standard InChI is InChI=1S/C7H7F2NO2/c1-5(12-4-11)10-3-2-6(8)7(10)9/h2-5H,1H3. The van der Waals surface area contributed by atoms with Crippen LogP contribution in [0.5, 0.6) is 0 Å². The van der Waals surface area contributed by atoms with Crippen molar-refractivity contribution in [3.05, 3.63) is 24.0 Å². The van der Waals surface area contributed by atoms with E-state index >= 15 is 0 Å². The topological polar surface area (TPSA) is 31.2 Å². The highest BCUT2D eigenvalue weighted by Gasteiger charge is 2.13. The van der Waals surface area contributed by atoms with Crippen molar-refractivity contribution in [2.75, 3.05) is 0 Å². The molecular weight excluding hydrogens is 168 g/mol. The van der Waals surface area contributed by atoms with Crippen LogP contribution >= 0.6 is 0 Å². The van der Waals surface area contributed by atoms with Gasteiger partial charge in [0.2, 0.25) is 5.95 Å². The fourth-order valence-electron chi connectivity index (χ4n) is 0.830. The summed E-state index contributed by atoms with van der Waals surface area (Å²) in [6, 6.07) is 0.958. The van der Waals surface area contributed by atoms with Gasteiger partial charge in [0.15, 0.2) is 12.0 Å². The van der Waals surface area contributed by atoms with Gasteiger partial charge in [-0.05, 0) is 13.0 Å². The first kappa shape index (κ1) is 8.70. The molecule has 1 aromatic rings. The van der Waals surface area contributed by atoms with Gasteiger partial charge in [0.1, 0.15) is 0 Å². The predicted octanol–water partition coefficient (Wildman–Crippen LogP) is 1.46. The minimum absolute atomic E-state index is 0.183. The lowest BCUT2D eigenvalue weighted by Gasteiger charge is -2.10. The molecular formula is C7H7F2NO2. The second-order valence-corrected chi connectivity index (χ2v) is 2.19. The second-order valence-electron chi connectivity index (χ2n) is 2.19. The largest absolute Gasteiger partial charge is 0.444 e. The van der Waals surface area contributed by atoms with Crippen molar-refractivity contribution in [1.82, 2.24) is 4.57 Å². The van der Waals surface area contributed by atoms with Crippen molar-refractivity contribution >= 4 is 6.47 Å². The summed E-state index contributed by atoms with van der Waals surface area (Å²) in [5.74, 6) is -2.00. The molecule has 1 atom stereocenters. The summed E-state index contributed by atoms with van der Waals surface area (Å²) in [6.07, 6.45) is 0.339. The molecule has 0 N–H and O–H groups in total. The van der Waals surface area contributed by atoms with Crippen LogP contribution in [0.3, 0.4) is 0 Å². The van der Waals surface area contributed by atoms with E-state index in [9.17, 15) is 13.6 Å². The number of aromatic nitrogens is 1. The van der Waals surface area contributed by atoms with Crippen molar-refractivity contribution in [2.24, 2.45) is 0 Å². The highest BCUT2D eigenvalue weighted by Crippen LogP contribution is 2.13. The Bertz CT molecular complexity index is 285. The summed E-state index contributed by atoms with van der Waals surface area (Å²) in [5.41, 5.74) is 0. The normalized spacial score (nSPS) is 12.6. The van der Waals surface area contributed by atoms with Crippen molar-refractivity contribution in [3.8, 4) is 0 Å². The van der Waals surface area contributed by atoms with E-state index in [4.69, 9.17) is 0 Å². The third kappa shape index (κ3) is 1.44. The van der Waals surface area contributed by atoms with Crippen LogP contribution in [-0.4, -0.2) is 11.0 Å². The first-order chi connectivity index (χ1) is 5.66. The molecule has 0 aromatic carbocycles. The zero-order valence-corrected chi connectivity index (χ0v) is 6.33. The van der Waals surface area contributed by atoms with E-state index in [2.05, 4.69) is 4.74 Å². The summed E-state index contributed by atoms with van der Waals surface area (Å²) < 4.78 is 30.4. The maximum absolute atomic E-state index is 12.7. The predicted molar refractivity (Wildman–Crippen MR) is 36.2 cm³/mol. The molecule has 12 heavy (non-hydrogen) atoms. The Balaban J connectivity index is 2.87. The second kappa shape index (κ2) is 3.34. The van der Waals surface area contributed by atoms with E-state index in [0.29, 0.717) is 0 Å². The fourth-order valence-corrected chi connectivity index (χ4v) is 0.830. The molecule has 0 radical (unpaired) electrons. The molecule has 3 nitrogen and oxygen atoms in total. The molecule has 0 amide bonds. The summed E-state index contributed by atoms with van der Waals surface area (Å²) in [5, 5.41) is 0. The minimum Gasteiger partial charge on any atom is -0.444 e. The van der Waals surface area contributed by atoms with Gasteiger partial charge in [-0.2, -0.15) is 4.39 Å². The van der Waals surface area contributed by atoms with Gasteiger partial charge in [0, 0.05) is 6.20 Å². The molecule has 0 aliphatic heterocycles. The molecule has 0 saturated heterocycles. The molecule has 1 unspecified atom stereocenters. The zero-order valence-electron chi connectivity index (χ0n) is 6.33. The van der Waals surface area contributed by atoms with E-state index < -0.39 is 18.0 Å². The van der Waals surface area contributed by atoms with Gasteiger partial charge in [0.25, 0.3) is 6.47 Å². The van der Waals surface area contributed by atoms with Crippen LogP contribution in [0, 0.1) is 11.8 Å². The smallest absolute Gasteiger partial charge is 0.295 e. The summed E-state index contributed by atoms with van der Waals surface area (Å²) in [4.78, 5) is 9.85. The molecule has 1 heterocycles. The lowest BCUT2D eigenvalue weighted by Crippen LogP contribution is -2.09. The van der Waals surface area contributed by atoms with Gasteiger partial charge in [-0.1, -0.05) is 0 Å². The summed E-state index contributed by atoms with van der Waals surface area (Å²) in [6.45, 7) is 1.61. The number of carbonyl (C=O) groups is 1. The molecule has 5 heteroatoms. The fraction of sp³-hybridized carbons (Fsp3) is 0.286. The van der Waals surface area contributed by atoms with E-state index in [-0.39, 0.29) is 6.47 Å². The molecule has 1 aromatic heterocycles. The Morgan fingerprint density at radius 2 is 2.33 bits per heavy atom. The lowest BCUT2D eigenvalue weighted by molar-refractivity contribution is -0.137. The maximum atomic E-state index is 12.7. The van der Waals surface area contributed by atoms with Gasteiger partial charge >= 0.3 is 0 Å². The van der Waals surface area contributed by atoms with E-state index in [1.165, 1.54) is 13.1 Å². The highest BCUT2D eigenvalue weighted by atomic mass is 19.2. The van der Waals surface area contributed by atoms with Gasteiger partial charge in [0.05, 0.1) is 0 Å². The number of rotatable bonds is 3. The number of hydrogen-bond donors (Lipinski definition) is 0. The molecule has 1 rings (SSSR count). The Labute approximate surface area is 67.6 Å². The zero-order chi connectivity index (χ0) is 9.14. The molecule has 66 valence electrons. The number of ether oxygens (including phenoxy) is 1. The summed E-state index contributed by atoms with van der Waals surface area (Å²) >= 11 is 0. The van der Waals surface area contributed by atoms with E-state index in [1.807, 2.05) is 0 Å². The number of hydrogen-bond acceptors (Lipinski definition) is 2. The van der Waals surface area contributed by atoms with Crippen LogP contribution in [0.15, 0.2) is 12.3 Å². The third-order valence-corrected chi connectivity index (χ3v) is 1.45. The van der Waals surface area contributed by atoms with Crippen LogP contribution in [0.2, 0.25) is 0 Å². The Morgan fingerprint density at radius 3 is 2.75 bits per heavy atom. The molecule has 0 saturated carbocycles. The van der Waals surface area contributed by atoms with Crippen molar-refractivity contribution in [2.45, 2.75) is 13.2 Å². The van der Waals surface area contributed by atoms with Crippen LogP contribution in [0.4, 0.5) is 8.78 Å². The molecule has 0 bridgehead atoms. The van der Waals surface area contributed by atoms with E-state index in [0.717, 1.165) is 10.6 Å². The molecule has 0 aliphatic carbocycles. The maximum Gasteiger partial charge on any atom is 0.295 e. The monoisotopic (exact) mass is 175 g/mol.